The van der Waals surface area contributed by atoms with Crippen LogP contribution in [0.15, 0.2) is 36.7 Å². The third-order valence-electron chi connectivity index (χ3n) is 4.41. The van der Waals surface area contributed by atoms with E-state index in [-0.39, 0.29) is 31.0 Å². The summed E-state index contributed by atoms with van der Waals surface area (Å²) in [7, 11) is 3.13. The summed E-state index contributed by atoms with van der Waals surface area (Å²) in [5.41, 5.74) is 1.14. The Hall–Kier alpha value is -3.42. The van der Waals surface area contributed by atoms with Gasteiger partial charge >= 0.3 is 5.97 Å². The summed E-state index contributed by atoms with van der Waals surface area (Å²) < 4.78 is 15.7. The number of anilines is 1. The molecule has 8 heteroatoms. The van der Waals surface area contributed by atoms with E-state index in [2.05, 4.69) is 10.3 Å². The molecule has 1 aromatic heterocycles. The van der Waals surface area contributed by atoms with Gasteiger partial charge in [0.05, 0.1) is 32.5 Å². The Kier molecular flexibility index (Phi) is 8.75. The Morgan fingerprint density at radius 2 is 1.66 bits per heavy atom. The van der Waals surface area contributed by atoms with Gasteiger partial charge in [0.2, 0.25) is 5.91 Å². The first kappa shape index (κ1) is 24.8. The number of nitrogens with one attached hydrogen (secondary N) is 1. The topological polar surface area (TPSA) is 104 Å². The smallest absolute Gasteiger partial charge is 0.306 e. The van der Waals surface area contributed by atoms with Gasteiger partial charge in [-0.25, -0.2) is 0 Å². The van der Waals surface area contributed by atoms with Gasteiger partial charge in [-0.15, -0.1) is 0 Å². The average molecular weight is 443 g/mol. The lowest BCUT2D eigenvalue weighted by Gasteiger charge is -2.19. The fourth-order valence-corrected chi connectivity index (χ4v) is 2.93. The number of aryl methyl sites for hydroxylation is 1. The number of aromatic nitrogens is 1. The molecule has 32 heavy (non-hydrogen) atoms. The van der Waals surface area contributed by atoms with E-state index in [4.69, 9.17) is 14.2 Å². The minimum Gasteiger partial charge on any atom is -0.493 e. The van der Waals surface area contributed by atoms with E-state index < -0.39 is 11.6 Å². The molecular weight excluding hydrogens is 412 g/mol. The molecule has 0 aliphatic rings. The predicted molar refractivity (Wildman–Crippen MR) is 120 cm³/mol. The molecule has 1 heterocycles. The number of esters is 1. The molecule has 0 spiro atoms. The molecule has 172 valence electrons. The number of pyridine rings is 1. The van der Waals surface area contributed by atoms with Crippen LogP contribution >= 0.6 is 0 Å². The zero-order valence-corrected chi connectivity index (χ0v) is 19.2. The van der Waals surface area contributed by atoms with Crippen molar-refractivity contribution in [3.63, 3.8) is 0 Å². The summed E-state index contributed by atoms with van der Waals surface area (Å²) in [6, 6.07) is 7.10. The van der Waals surface area contributed by atoms with Crippen LogP contribution in [0.2, 0.25) is 0 Å². The molecule has 1 amide bonds. The summed E-state index contributed by atoms with van der Waals surface area (Å²) in [5, 5.41) is 2.67. The van der Waals surface area contributed by atoms with Crippen LogP contribution in [-0.4, -0.2) is 42.5 Å². The van der Waals surface area contributed by atoms with Crippen LogP contribution in [0.25, 0.3) is 0 Å². The molecule has 1 aromatic carbocycles. The minimum absolute atomic E-state index is 0.0214. The molecule has 0 unspecified atom stereocenters. The molecule has 0 aliphatic heterocycles. The zero-order valence-electron chi connectivity index (χ0n) is 19.2. The highest BCUT2D eigenvalue weighted by Gasteiger charge is 2.17. The molecule has 0 saturated carbocycles. The van der Waals surface area contributed by atoms with Crippen molar-refractivity contribution in [2.24, 2.45) is 0 Å². The molecular formula is C24H30N2O6. The average Bonchev–Trinajstić information content (AvgIpc) is 2.74. The zero-order chi connectivity index (χ0) is 23.7. The highest BCUT2D eigenvalue weighted by Crippen LogP contribution is 2.28. The third kappa shape index (κ3) is 8.02. The molecule has 0 bridgehead atoms. The Labute approximate surface area is 188 Å². The maximum Gasteiger partial charge on any atom is 0.306 e. The normalized spacial score (nSPS) is 10.9. The molecule has 0 radical (unpaired) electrons. The minimum atomic E-state index is -0.594. The lowest BCUT2D eigenvalue weighted by atomic mass is 10.0. The maximum absolute atomic E-state index is 12.6. The molecule has 0 aliphatic carbocycles. The van der Waals surface area contributed by atoms with Crippen LogP contribution in [0, 0.1) is 0 Å². The monoisotopic (exact) mass is 442 g/mol. The van der Waals surface area contributed by atoms with Gasteiger partial charge in [-0.1, -0.05) is 6.07 Å². The molecule has 0 fully saturated rings. The van der Waals surface area contributed by atoms with Gasteiger partial charge in [-0.2, -0.15) is 0 Å². The molecule has 8 nitrogen and oxygen atoms in total. The second-order valence-corrected chi connectivity index (χ2v) is 8.21. The van der Waals surface area contributed by atoms with Crippen molar-refractivity contribution >= 4 is 23.3 Å². The standard InChI is InChI=1S/C24H30N2O6/c1-24(2,3)32-23(29)11-10-22(28)26-18-13-17(14-25-15-18)19(27)8-6-16-7-9-20(30-4)21(12-16)31-5/h7,9,12-15H,6,8,10-11H2,1-5H3,(H,26,28). The van der Waals surface area contributed by atoms with Crippen molar-refractivity contribution in [1.82, 2.24) is 4.98 Å². The van der Waals surface area contributed by atoms with Crippen LogP contribution in [0.3, 0.4) is 0 Å². The van der Waals surface area contributed by atoms with Gasteiger partial charge in [0.15, 0.2) is 17.3 Å². The molecule has 2 rings (SSSR count). The number of rotatable bonds is 10. The van der Waals surface area contributed by atoms with Crippen LogP contribution in [-0.2, 0) is 20.7 Å². The summed E-state index contributed by atoms with van der Waals surface area (Å²) in [4.78, 5) is 40.5. The second-order valence-electron chi connectivity index (χ2n) is 8.21. The van der Waals surface area contributed by atoms with Crippen LogP contribution < -0.4 is 14.8 Å². The Bertz CT molecular complexity index is 965. The van der Waals surface area contributed by atoms with E-state index in [1.54, 1.807) is 47.1 Å². The van der Waals surface area contributed by atoms with Gasteiger partial charge in [0.1, 0.15) is 5.60 Å². The Balaban J connectivity index is 1.91. The lowest BCUT2D eigenvalue weighted by molar-refractivity contribution is -0.155. The first-order valence-electron chi connectivity index (χ1n) is 10.3. The van der Waals surface area contributed by atoms with Crippen molar-refractivity contribution in [2.75, 3.05) is 19.5 Å². The number of ether oxygens (including phenoxy) is 3. The SMILES string of the molecule is COc1ccc(CCC(=O)c2cncc(NC(=O)CCC(=O)OC(C)(C)C)c2)cc1OC. The van der Waals surface area contributed by atoms with Crippen molar-refractivity contribution in [3.8, 4) is 11.5 Å². The van der Waals surface area contributed by atoms with Crippen LogP contribution in [0.1, 0.15) is 56.0 Å². The van der Waals surface area contributed by atoms with Crippen molar-refractivity contribution in [1.29, 1.82) is 0 Å². The van der Waals surface area contributed by atoms with E-state index in [0.29, 0.717) is 29.2 Å². The van der Waals surface area contributed by atoms with E-state index in [0.717, 1.165) is 5.56 Å². The molecule has 0 atom stereocenters. The number of Topliss-reactive ketones (excluding diaryl/α,β-unsaturated/α-hetero) is 1. The Morgan fingerprint density at radius 3 is 2.31 bits per heavy atom. The van der Waals surface area contributed by atoms with Gasteiger partial charge in [0, 0.05) is 24.6 Å². The summed E-state index contributed by atoms with van der Waals surface area (Å²) in [5.74, 6) is 0.340. The first-order chi connectivity index (χ1) is 15.1. The fraction of sp³-hybridized carbons (Fsp3) is 0.417. The third-order valence-corrected chi connectivity index (χ3v) is 4.41. The summed E-state index contributed by atoms with van der Waals surface area (Å²) >= 11 is 0. The van der Waals surface area contributed by atoms with E-state index in [9.17, 15) is 14.4 Å². The second kappa shape index (κ2) is 11.3. The number of hydrogen-bond acceptors (Lipinski definition) is 7. The summed E-state index contributed by atoms with van der Waals surface area (Å²) in [6.45, 7) is 5.30. The largest absolute Gasteiger partial charge is 0.493 e. The number of carbonyl (C=O) groups is 3. The van der Waals surface area contributed by atoms with E-state index >= 15 is 0 Å². The molecule has 2 aromatic rings. The van der Waals surface area contributed by atoms with Crippen molar-refractivity contribution < 1.29 is 28.6 Å². The van der Waals surface area contributed by atoms with Crippen LogP contribution in [0.4, 0.5) is 5.69 Å². The van der Waals surface area contributed by atoms with Gasteiger partial charge in [-0.05, 0) is 51.0 Å². The predicted octanol–water partition coefficient (Wildman–Crippen LogP) is 3.97. The highest BCUT2D eigenvalue weighted by atomic mass is 16.6. The van der Waals surface area contributed by atoms with Gasteiger partial charge < -0.3 is 19.5 Å². The first-order valence-corrected chi connectivity index (χ1v) is 10.3. The van der Waals surface area contributed by atoms with Crippen molar-refractivity contribution in [2.45, 2.75) is 52.1 Å². The number of carbonyl (C=O) groups excluding carboxylic acids is 3. The number of ketones is 1. The van der Waals surface area contributed by atoms with Gasteiger partial charge in [-0.3, -0.25) is 19.4 Å². The van der Waals surface area contributed by atoms with Crippen LogP contribution in [0.5, 0.6) is 11.5 Å². The lowest BCUT2D eigenvalue weighted by Crippen LogP contribution is -2.24. The number of methoxy groups -OCH3 is 2. The van der Waals surface area contributed by atoms with E-state index in [1.165, 1.54) is 12.4 Å². The maximum atomic E-state index is 12.6. The number of hydrogen-bond donors (Lipinski definition) is 1. The molecule has 1 N–H and O–H groups in total. The summed E-state index contributed by atoms with van der Waals surface area (Å²) in [6.07, 6.45) is 3.66. The van der Waals surface area contributed by atoms with Gasteiger partial charge in [0.25, 0.3) is 0 Å². The number of nitrogens with zero attached hydrogens (tertiary/aromatic N) is 1. The Morgan fingerprint density at radius 1 is 0.938 bits per heavy atom. The highest BCUT2D eigenvalue weighted by molar-refractivity contribution is 5.98. The van der Waals surface area contributed by atoms with E-state index in [1.807, 2.05) is 12.1 Å². The number of benzene rings is 1. The van der Waals surface area contributed by atoms with Crippen molar-refractivity contribution in [3.05, 3.63) is 47.8 Å². The quantitative estimate of drug-likeness (QED) is 0.438. The number of amides is 1. The molecule has 0 saturated heterocycles. The fourth-order valence-electron chi connectivity index (χ4n) is 2.93.